The van der Waals surface area contributed by atoms with E-state index in [-0.39, 0.29) is 12.5 Å². The highest BCUT2D eigenvalue weighted by Gasteiger charge is 2.15. The molecule has 0 bridgehead atoms. The molecule has 0 aliphatic carbocycles. The zero-order valence-electron chi connectivity index (χ0n) is 14.8. The Morgan fingerprint density at radius 1 is 1.33 bits per heavy atom. The minimum Gasteiger partial charge on any atom is -0.495 e. The summed E-state index contributed by atoms with van der Waals surface area (Å²) >= 11 is 0. The van der Waals surface area contributed by atoms with E-state index in [0.29, 0.717) is 23.9 Å². The second kappa shape index (κ2) is 8.49. The third-order valence-corrected chi connectivity index (χ3v) is 3.72. The molecule has 0 aliphatic heterocycles. The molecule has 6 heteroatoms. The molecule has 1 aromatic carbocycles. The molecule has 0 saturated carbocycles. The summed E-state index contributed by atoms with van der Waals surface area (Å²) in [4.78, 5) is 18.8. The number of amides is 1. The van der Waals surface area contributed by atoms with Crippen LogP contribution in [0.15, 0.2) is 28.7 Å². The number of hydrogen-bond acceptors (Lipinski definition) is 5. The van der Waals surface area contributed by atoms with Gasteiger partial charge in [0.1, 0.15) is 11.5 Å². The lowest BCUT2D eigenvalue weighted by Crippen LogP contribution is -2.33. The number of benzene rings is 1. The molecule has 2 aromatic rings. The van der Waals surface area contributed by atoms with Gasteiger partial charge in [0, 0.05) is 0 Å². The summed E-state index contributed by atoms with van der Waals surface area (Å²) in [6, 6.07) is 7.37. The Morgan fingerprint density at radius 3 is 2.71 bits per heavy atom. The summed E-state index contributed by atoms with van der Waals surface area (Å²) in [5, 5.41) is 2.90. The summed E-state index contributed by atoms with van der Waals surface area (Å²) in [5.41, 5.74) is 1.56. The minimum atomic E-state index is -0.0899. The fraction of sp³-hybridized carbons (Fsp3) is 0.444. The highest BCUT2D eigenvalue weighted by atomic mass is 16.5. The first kappa shape index (κ1) is 18.0. The standard InChI is InChI=1S/C18H25N3O3/c1-5-10-21(12-18-19-13(2)14(3)24-18)11-17(22)20-15-8-6-7-9-16(15)23-4/h6-9H,5,10-12H2,1-4H3,(H,20,22). The molecule has 0 spiro atoms. The van der Waals surface area contributed by atoms with Crippen molar-refractivity contribution in [2.75, 3.05) is 25.5 Å². The third-order valence-electron chi connectivity index (χ3n) is 3.72. The zero-order valence-corrected chi connectivity index (χ0v) is 14.8. The van der Waals surface area contributed by atoms with E-state index in [0.717, 1.165) is 24.4 Å². The predicted molar refractivity (Wildman–Crippen MR) is 93.2 cm³/mol. The quantitative estimate of drug-likeness (QED) is 0.805. The van der Waals surface area contributed by atoms with Gasteiger partial charge in [-0.05, 0) is 38.9 Å². The normalized spacial score (nSPS) is 10.9. The molecule has 0 aliphatic rings. The maximum atomic E-state index is 12.4. The Balaban J connectivity index is 2.00. The molecule has 1 N–H and O–H groups in total. The second-order valence-corrected chi connectivity index (χ2v) is 5.71. The number of carbonyl (C=O) groups is 1. The number of aromatic nitrogens is 1. The lowest BCUT2D eigenvalue weighted by Gasteiger charge is -2.19. The molecule has 1 heterocycles. The van der Waals surface area contributed by atoms with Crippen molar-refractivity contribution in [2.24, 2.45) is 0 Å². The van der Waals surface area contributed by atoms with E-state index in [4.69, 9.17) is 9.15 Å². The molecule has 0 unspecified atom stereocenters. The molecule has 130 valence electrons. The van der Waals surface area contributed by atoms with Crippen molar-refractivity contribution in [1.82, 2.24) is 9.88 Å². The molecule has 0 radical (unpaired) electrons. The molecule has 1 aromatic heterocycles. The van der Waals surface area contributed by atoms with Gasteiger partial charge in [0.25, 0.3) is 0 Å². The minimum absolute atomic E-state index is 0.0899. The average molecular weight is 331 g/mol. The van der Waals surface area contributed by atoms with Gasteiger partial charge < -0.3 is 14.5 Å². The van der Waals surface area contributed by atoms with Crippen molar-refractivity contribution in [1.29, 1.82) is 0 Å². The molecule has 2 rings (SSSR count). The molecule has 0 fully saturated rings. The van der Waals surface area contributed by atoms with Crippen LogP contribution in [-0.2, 0) is 11.3 Å². The maximum Gasteiger partial charge on any atom is 0.238 e. The topological polar surface area (TPSA) is 67.6 Å². The van der Waals surface area contributed by atoms with Crippen LogP contribution in [0.1, 0.15) is 30.7 Å². The summed E-state index contributed by atoms with van der Waals surface area (Å²) in [7, 11) is 1.58. The molecule has 1 amide bonds. The molecular formula is C18H25N3O3. The van der Waals surface area contributed by atoms with Crippen molar-refractivity contribution < 1.29 is 13.9 Å². The van der Waals surface area contributed by atoms with Crippen LogP contribution in [0.3, 0.4) is 0 Å². The van der Waals surface area contributed by atoms with Crippen LogP contribution in [0.25, 0.3) is 0 Å². The lowest BCUT2D eigenvalue weighted by molar-refractivity contribution is -0.117. The fourth-order valence-corrected chi connectivity index (χ4v) is 2.47. The average Bonchev–Trinajstić information content (AvgIpc) is 2.85. The van der Waals surface area contributed by atoms with E-state index in [2.05, 4.69) is 17.2 Å². The molecule has 24 heavy (non-hydrogen) atoms. The van der Waals surface area contributed by atoms with Gasteiger partial charge in [0.15, 0.2) is 0 Å². The van der Waals surface area contributed by atoms with E-state index in [9.17, 15) is 4.79 Å². The van der Waals surface area contributed by atoms with Gasteiger partial charge in [0.2, 0.25) is 11.8 Å². The van der Waals surface area contributed by atoms with Crippen LogP contribution in [-0.4, -0.2) is 36.0 Å². The first-order chi connectivity index (χ1) is 11.5. The van der Waals surface area contributed by atoms with Gasteiger partial charge in [-0.15, -0.1) is 0 Å². The van der Waals surface area contributed by atoms with Gasteiger partial charge in [-0.2, -0.15) is 0 Å². The van der Waals surface area contributed by atoms with Crippen molar-refractivity contribution in [3.05, 3.63) is 41.6 Å². The van der Waals surface area contributed by atoms with Gasteiger partial charge in [0.05, 0.1) is 31.6 Å². The van der Waals surface area contributed by atoms with Crippen molar-refractivity contribution in [3.8, 4) is 5.75 Å². The van der Waals surface area contributed by atoms with Crippen LogP contribution >= 0.6 is 0 Å². The van der Waals surface area contributed by atoms with Crippen molar-refractivity contribution >= 4 is 11.6 Å². The molecular weight excluding hydrogens is 306 g/mol. The number of ether oxygens (including phenoxy) is 1. The Morgan fingerprint density at radius 2 is 2.08 bits per heavy atom. The first-order valence-corrected chi connectivity index (χ1v) is 8.11. The number of carbonyl (C=O) groups excluding carboxylic acids is 1. The van der Waals surface area contributed by atoms with Crippen LogP contribution in [0, 0.1) is 13.8 Å². The predicted octanol–water partition coefficient (Wildman–Crippen LogP) is 3.15. The number of para-hydroxylation sites is 2. The first-order valence-electron chi connectivity index (χ1n) is 8.11. The second-order valence-electron chi connectivity index (χ2n) is 5.71. The maximum absolute atomic E-state index is 12.4. The lowest BCUT2D eigenvalue weighted by atomic mass is 10.3. The Labute approximate surface area is 142 Å². The monoisotopic (exact) mass is 331 g/mol. The summed E-state index contributed by atoms with van der Waals surface area (Å²) in [6.45, 7) is 7.47. The number of methoxy groups -OCH3 is 1. The highest BCUT2D eigenvalue weighted by Crippen LogP contribution is 2.23. The Kier molecular flexibility index (Phi) is 6.37. The Hall–Kier alpha value is -2.34. The summed E-state index contributed by atoms with van der Waals surface area (Å²) in [6.07, 6.45) is 0.945. The van der Waals surface area contributed by atoms with Crippen LogP contribution in [0.2, 0.25) is 0 Å². The van der Waals surface area contributed by atoms with Gasteiger partial charge >= 0.3 is 0 Å². The molecule has 6 nitrogen and oxygen atoms in total. The number of anilines is 1. The number of hydrogen-bond donors (Lipinski definition) is 1. The van der Waals surface area contributed by atoms with E-state index in [1.54, 1.807) is 7.11 Å². The highest BCUT2D eigenvalue weighted by molar-refractivity contribution is 5.93. The smallest absolute Gasteiger partial charge is 0.238 e. The van der Waals surface area contributed by atoms with Gasteiger partial charge in [-0.3, -0.25) is 9.69 Å². The number of nitrogens with zero attached hydrogens (tertiary/aromatic N) is 2. The van der Waals surface area contributed by atoms with Gasteiger partial charge in [-0.1, -0.05) is 19.1 Å². The number of oxazole rings is 1. The number of nitrogens with one attached hydrogen (secondary N) is 1. The largest absolute Gasteiger partial charge is 0.495 e. The van der Waals surface area contributed by atoms with Crippen LogP contribution in [0.4, 0.5) is 5.69 Å². The van der Waals surface area contributed by atoms with Crippen LogP contribution in [0.5, 0.6) is 5.75 Å². The summed E-state index contributed by atoms with van der Waals surface area (Å²) in [5.74, 6) is 2.02. The van der Waals surface area contributed by atoms with Gasteiger partial charge in [-0.25, -0.2) is 4.98 Å². The van der Waals surface area contributed by atoms with E-state index in [1.807, 2.05) is 43.0 Å². The SMILES string of the molecule is CCCN(CC(=O)Nc1ccccc1OC)Cc1nc(C)c(C)o1. The third kappa shape index (κ3) is 4.83. The van der Waals surface area contributed by atoms with Crippen molar-refractivity contribution in [2.45, 2.75) is 33.7 Å². The Bertz CT molecular complexity index is 662. The van der Waals surface area contributed by atoms with E-state index < -0.39 is 0 Å². The summed E-state index contributed by atoms with van der Waals surface area (Å²) < 4.78 is 10.9. The molecule has 0 saturated heterocycles. The molecule has 0 atom stereocenters. The number of aryl methyl sites for hydroxylation is 2. The zero-order chi connectivity index (χ0) is 17.5. The van der Waals surface area contributed by atoms with E-state index in [1.165, 1.54) is 0 Å². The fourth-order valence-electron chi connectivity index (χ4n) is 2.47. The van der Waals surface area contributed by atoms with Crippen LogP contribution < -0.4 is 10.1 Å². The number of rotatable bonds is 8. The van der Waals surface area contributed by atoms with E-state index >= 15 is 0 Å². The van der Waals surface area contributed by atoms with Crippen molar-refractivity contribution in [3.63, 3.8) is 0 Å².